The monoisotopic (exact) mass is 242 g/mol. The fourth-order valence-electron chi connectivity index (χ4n) is 1.24. The minimum absolute atomic E-state index is 0.0595. The summed E-state index contributed by atoms with van der Waals surface area (Å²) in [5, 5.41) is 9.70. The van der Waals surface area contributed by atoms with Crippen LogP contribution in [0.4, 0.5) is 0 Å². The van der Waals surface area contributed by atoms with E-state index in [0.717, 1.165) is 15.6 Å². The molecule has 0 saturated heterocycles. The molecule has 2 heteroatoms. The van der Waals surface area contributed by atoms with Crippen molar-refractivity contribution in [2.45, 2.75) is 33.1 Å². The summed E-state index contributed by atoms with van der Waals surface area (Å²) >= 11 is 3.42. The van der Waals surface area contributed by atoms with Gasteiger partial charge in [-0.3, -0.25) is 0 Å². The Kier molecular flexibility index (Phi) is 2.71. The first-order valence-electron chi connectivity index (χ1n) is 4.32. The Morgan fingerprint density at radius 2 is 1.77 bits per heavy atom. The van der Waals surface area contributed by atoms with E-state index in [1.807, 2.05) is 13.0 Å². The minimum atomic E-state index is 0.0595. The molecular weight excluding hydrogens is 228 g/mol. The Balaban J connectivity index is 3.35. The van der Waals surface area contributed by atoms with E-state index >= 15 is 0 Å². The maximum atomic E-state index is 9.70. The summed E-state index contributed by atoms with van der Waals surface area (Å²) in [4.78, 5) is 0. The van der Waals surface area contributed by atoms with E-state index in [0.29, 0.717) is 5.75 Å². The predicted molar refractivity (Wildman–Crippen MR) is 59.2 cm³/mol. The van der Waals surface area contributed by atoms with Gasteiger partial charge in [-0.1, -0.05) is 32.9 Å². The summed E-state index contributed by atoms with van der Waals surface area (Å²) in [6, 6.07) is 4.00. The maximum absolute atomic E-state index is 9.70. The average Bonchev–Trinajstić information content (AvgIpc) is 1.98. The predicted octanol–water partition coefficient (Wildman–Crippen LogP) is 3.76. The quantitative estimate of drug-likeness (QED) is 0.735. The summed E-state index contributed by atoms with van der Waals surface area (Å²) in [7, 11) is 0. The van der Waals surface area contributed by atoms with E-state index < -0.39 is 0 Å². The Hall–Kier alpha value is -0.500. The summed E-state index contributed by atoms with van der Waals surface area (Å²) in [6.07, 6.45) is 0. The first-order chi connectivity index (χ1) is 5.84. The standard InChI is InChI=1S/C11H15BrO/c1-7-5-6-8(11(2,3)4)9(12)10(7)13/h5-6,13H,1-4H3. The van der Waals surface area contributed by atoms with Gasteiger partial charge in [0.2, 0.25) is 0 Å². The maximum Gasteiger partial charge on any atom is 0.132 e. The molecule has 13 heavy (non-hydrogen) atoms. The van der Waals surface area contributed by atoms with Crippen molar-refractivity contribution in [2.75, 3.05) is 0 Å². The normalized spacial score (nSPS) is 11.8. The van der Waals surface area contributed by atoms with Crippen LogP contribution in [0.2, 0.25) is 0 Å². The Morgan fingerprint density at radius 3 is 2.23 bits per heavy atom. The molecule has 1 aromatic carbocycles. The van der Waals surface area contributed by atoms with E-state index in [2.05, 4.69) is 42.8 Å². The van der Waals surface area contributed by atoms with Crippen LogP contribution in [0.15, 0.2) is 16.6 Å². The molecular formula is C11H15BrO. The Morgan fingerprint density at radius 1 is 1.23 bits per heavy atom. The van der Waals surface area contributed by atoms with Gasteiger partial charge in [-0.15, -0.1) is 0 Å². The number of benzene rings is 1. The molecule has 0 atom stereocenters. The number of hydrogen-bond donors (Lipinski definition) is 1. The molecule has 1 rings (SSSR count). The highest BCUT2D eigenvalue weighted by atomic mass is 79.9. The number of hydrogen-bond acceptors (Lipinski definition) is 1. The van der Waals surface area contributed by atoms with Gasteiger partial charge in [-0.2, -0.15) is 0 Å². The van der Waals surface area contributed by atoms with Crippen LogP contribution in [0.5, 0.6) is 5.75 Å². The van der Waals surface area contributed by atoms with Gasteiger partial charge >= 0.3 is 0 Å². The second-order valence-corrected chi connectivity index (χ2v) is 5.14. The number of phenolic OH excluding ortho intramolecular Hbond substituents is 1. The van der Waals surface area contributed by atoms with E-state index in [-0.39, 0.29) is 5.41 Å². The van der Waals surface area contributed by atoms with Crippen molar-refractivity contribution >= 4 is 15.9 Å². The molecule has 1 aromatic rings. The number of halogens is 1. The van der Waals surface area contributed by atoms with Crippen molar-refractivity contribution in [3.63, 3.8) is 0 Å². The van der Waals surface area contributed by atoms with Gasteiger partial charge in [0.1, 0.15) is 5.75 Å². The first-order valence-corrected chi connectivity index (χ1v) is 5.12. The summed E-state index contributed by atoms with van der Waals surface area (Å²) in [5.74, 6) is 0.354. The molecule has 0 saturated carbocycles. The fraction of sp³-hybridized carbons (Fsp3) is 0.455. The summed E-state index contributed by atoms with van der Waals surface area (Å²) in [6.45, 7) is 8.28. The summed E-state index contributed by atoms with van der Waals surface area (Å²) < 4.78 is 0.819. The van der Waals surface area contributed by atoms with Crippen LogP contribution >= 0.6 is 15.9 Å². The molecule has 0 aliphatic rings. The highest BCUT2D eigenvalue weighted by molar-refractivity contribution is 9.10. The third-order valence-corrected chi connectivity index (χ3v) is 2.93. The molecule has 0 fully saturated rings. The zero-order chi connectivity index (χ0) is 10.2. The zero-order valence-electron chi connectivity index (χ0n) is 8.48. The van der Waals surface area contributed by atoms with Crippen molar-refractivity contribution in [2.24, 2.45) is 0 Å². The van der Waals surface area contributed by atoms with E-state index in [4.69, 9.17) is 0 Å². The molecule has 1 N–H and O–H groups in total. The number of aromatic hydroxyl groups is 1. The smallest absolute Gasteiger partial charge is 0.132 e. The van der Waals surface area contributed by atoms with Crippen molar-refractivity contribution in [3.05, 3.63) is 27.7 Å². The Labute approximate surface area is 87.9 Å². The molecule has 0 bridgehead atoms. The van der Waals surface area contributed by atoms with Crippen LogP contribution in [0.25, 0.3) is 0 Å². The van der Waals surface area contributed by atoms with Crippen molar-refractivity contribution in [1.29, 1.82) is 0 Å². The molecule has 0 aliphatic heterocycles. The van der Waals surface area contributed by atoms with Gasteiger partial charge in [0.25, 0.3) is 0 Å². The second kappa shape index (κ2) is 3.33. The van der Waals surface area contributed by atoms with Gasteiger partial charge in [-0.25, -0.2) is 0 Å². The molecule has 1 nitrogen and oxygen atoms in total. The zero-order valence-corrected chi connectivity index (χ0v) is 10.1. The lowest BCUT2D eigenvalue weighted by Crippen LogP contribution is -2.11. The van der Waals surface area contributed by atoms with E-state index in [1.165, 1.54) is 0 Å². The molecule has 0 spiro atoms. The van der Waals surface area contributed by atoms with Gasteiger partial charge < -0.3 is 5.11 Å². The molecule has 0 radical (unpaired) electrons. The average molecular weight is 243 g/mol. The fourth-order valence-corrected chi connectivity index (χ4v) is 2.28. The van der Waals surface area contributed by atoms with Gasteiger partial charge in [0, 0.05) is 0 Å². The van der Waals surface area contributed by atoms with Gasteiger partial charge in [0.05, 0.1) is 4.47 Å². The van der Waals surface area contributed by atoms with Crippen LogP contribution in [0.3, 0.4) is 0 Å². The number of phenols is 1. The molecule has 72 valence electrons. The lowest BCUT2D eigenvalue weighted by Gasteiger charge is -2.21. The number of aryl methyl sites for hydroxylation is 1. The SMILES string of the molecule is Cc1ccc(C(C)(C)C)c(Br)c1O. The first kappa shape index (κ1) is 10.6. The van der Waals surface area contributed by atoms with Crippen LogP contribution in [0.1, 0.15) is 31.9 Å². The molecule has 0 heterocycles. The highest BCUT2D eigenvalue weighted by Crippen LogP contribution is 2.37. The summed E-state index contributed by atoms with van der Waals surface area (Å²) in [5.41, 5.74) is 2.10. The highest BCUT2D eigenvalue weighted by Gasteiger charge is 2.19. The van der Waals surface area contributed by atoms with Gasteiger partial charge in [-0.05, 0) is 39.4 Å². The van der Waals surface area contributed by atoms with Crippen molar-refractivity contribution in [1.82, 2.24) is 0 Å². The second-order valence-electron chi connectivity index (χ2n) is 4.34. The van der Waals surface area contributed by atoms with Crippen molar-refractivity contribution < 1.29 is 5.11 Å². The van der Waals surface area contributed by atoms with Crippen LogP contribution < -0.4 is 0 Å². The van der Waals surface area contributed by atoms with Crippen LogP contribution in [-0.2, 0) is 5.41 Å². The molecule has 0 aromatic heterocycles. The van der Waals surface area contributed by atoms with Crippen LogP contribution in [0, 0.1) is 6.92 Å². The van der Waals surface area contributed by atoms with E-state index in [1.54, 1.807) is 0 Å². The molecule has 0 aliphatic carbocycles. The third-order valence-electron chi connectivity index (χ3n) is 2.13. The van der Waals surface area contributed by atoms with Crippen LogP contribution in [-0.4, -0.2) is 5.11 Å². The lowest BCUT2D eigenvalue weighted by molar-refractivity contribution is 0.462. The Bertz CT molecular complexity index is 324. The molecule has 0 amide bonds. The third kappa shape index (κ3) is 2.05. The minimum Gasteiger partial charge on any atom is -0.506 e. The van der Waals surface area contributed by atoms with Crippen molar-refractivity contribution in [3.8, 4) is 5.75 Å². The van der Waals surface area contributed by atoms with E-state index in [9.17, 15) is 5.11 Å². The largest absolute Gasteiger partial charge is 0.506 e. The topological polar surface area (TPSA) is 20.2 Å². The number of rotatable bonds is 0. The van der Waals surface area contributed by atoms with Gasteiger partial charge in [0.15, 0.2) is 0 Å². The lowest BCUT2D eigenvalue weighted by atomic mass is 9.86. The molecule has 0 unspecified atom stereocenters.